The molecular formula is C15H19BrClNO2. The Bertz CT molecular complexity index is 499. The number of carbonyl (C=O) groups is 1. The molecule has 0 aliphatic heterocycles. The molecule has 5 heteroatoms. The van der Waals surface area contributed by atoms with Crippen LogP contribution in [0.15, 0.2) is 22.7 Å². The van der Waals surface area contributed by atoms with Crippen LogP contribution in [0.4, 0.5) is 0 Å². The maximum absolute atomic E-state index is 12.4. The zero-order valence-electron chi connectivity index (χ0n) is 11.5. The fourth-order valence-corrected chi connectivity index (χ4v) is 3.38. The Balaban J connectivity index is 2.13. The highest BCUT2D eigenvalue weighted by Gasteiger charge is 2.35. The second kappa shape index (κ2) is 6.46. The fraction of sp³-hybridized carbons (Fsp3) is 0.533. The smallest absolute Gasteiger partial charge is 0.253 e. The summed E-state index contributed by atoms with van der Waals surface area (Å²) >= 11 is 9.42. The molecule has 0 saturated heterocycles. The molecule has 0 unspecified atom stereocenters. The summed E-state index contributed by atoms with van der Waals surface area (Å²) in [6, 6.07) is 5.18. The first kappa shape index (κ1) is 15.8. The Labute approximate surface area is 132 Å². The van der Waals surface area contributed by atoms with Crippen molar-refractivity contribution >= 4 is 33.4 Å². The number of rotatable bonds is 3. The zero-order chi connectivity index (χ0) is 14.8. The Morgan fingerprint density at radius 2 is 2.15 bits per heavy atom. The molecule has 1 fully saturated rings. The molecule has 2 N–H and O–H groups in total. The Morgan fingerprint density at radius 1 is 1.50 bits per heavy atom. The number of halogens is 2. The topological polar surface area (TPSA) is 49.3 Å². The van der Waals surface area contributed by atoms with Crippen LogP contribution in [0.3, 0.4) is 0 Å². The normalized spacial score (nSPS) is 26.3. The molecular weight excluding hydrogens is 342 g/mol. The van der Waals surface area contributed by atoms with Gasteiger partial charge in [0.2, 0.25) is 0 Å². The van der Waals surface area contributed by atoms with Gasteiger partial charge in [-0.05, 0) is 49.8 Å². The predicted octanol–water partition coefficient (Wildman–Crippen LogP) is 3.77. The molecule has 3 nitrogen and oxygen atoms in total. The molecule has 0 bridgehead atoms. The SMILES string of the molecule is CC1CCC(CO)(NC(=O)c2ccc(Br)cc2Cl)CC1. The molecule has 0 spiro atoms. The first-order chi connectivity index (χ1) is 9.46. The van der Waals surface area contributed by atoms with Crippen LogP contribution >= 0.6 is 27.5 Å². The van der Waals surface area contributed by atoms with Gasteiger partial charge in [0.1, 0.15) is 0 Å². The zero-order valence-corrected chi connectivity index (χ0v) is 13.8. The van der Waals surface area contributed by atoms with Crippen LogP contribution in [-0.2, 0) is 0 Å². The largest absolute Gasteiger partial charge is 0.394 e. The summed E-state index contributed by atoms with van der Waals surface area (Å²) in [7, 11) is 0. The van der Waals surface area contributed by atoms with E-state index in [0.717, 1.165) is 30.2 Å². The van der Waals surface area contributed by atoms with Gasteiger partial charge >= 0.3 is 0 Å². The summed E-state index contributed by atoms with van der Waals surface area (Å²) in [6.45, 7) is 2.17. The predicted molar refractivity (Wildman–Crippen MR) is 84.1 cm³/mol. The van der Waals surface area contributed by atoms with Gasteiger partial charge in [-0.3, -0.25) is 4.79 Å². The Morgan fingerprint density at radius 3 is 2.70 bits per heavy atom. The first-order valence-corrected chi connectivity index (χ1v) is 8.01. The number of aliphatic hydroxyl groups is 1. The minimum atomic E-state index is -0.500. The van der Waals surface area contributed by atoms with Crippen LogP contribution in [0, 0.1) is 5.92 Å². The first-order valence-electron chi connectivity index (χ1n) is 6.84. The highest BCUT2D eigenvalue weighted by atomic mass is 79.9. The monoisotopic (exact) mass is 359 g/mol. The minimum Gasteiger partial charge on any atom is -0.394 e. The van der Waals surface area contributed by atoms with E-state index in [2.05, 4.69) is 28.2 Å². The molecule has 1 aromatic rings. The third kappa shape index (κ3) is 3.54. The number of carbonyl (C=O) groups excluding carboxylic acids is 1. The molecule has 0 radical (unpaired) electrons. The van der Waals surface area contributed by atoms with Gasteiger partial charge < -0.3 is 10.4 Å². The number of amides is 1. The minimum absolute atomic E-state index is 0.0282. The van der Waals surface area contributed by atoms with E-state index >= 15 is 0 Å². The van der Waals surface area contributed by atoms with Gasteiger partial charge in [0.15, 0.2) is 0 Å². The van der Waals surface area contributed by atoms with Gasteiger partial charge in [0.05, 0.1) is 22.7 Å². The van der Waals surface area contributed by atoms with Gasteiger partial charge in [-0.1, -0.05) is 34.5 Å². The Kier molecular flexibility index (Phi) is 5.10. The quantitative estimate of drug-likeness (QED) is 0.862. The second-order valence-corrected chi connectivity index (χ2v) is 7.02. The van der Waals surface area contributed by atoms with Crippen molar-refractivity contribution in [3.05, 3.63) is 33.3 Å². The van der Waals surface area contributed by atoms with Gasteiger partial charge in [-0.2, -0.15) is 0 Å². The summed E-state index contributed by atoms with van der Waals surface area (Å²) in [4.78, 5) is 12.4. The van der Waals surface area contributed by atoms with Crippen LogP contribution < -0.4 is 5.32 Å². The third-order valence-corrected chi connectivity index (χ3v) is 4.89. The lowest BCUT2D eigenvalue weighted by molar-refractivity contribution is 0.0717. The van der Waals surface area contributed by atoms with Crippen molar-refractivity contribution in [3.8, 4) is 0 Å². The third-order valence-electron chi connectivity index (χ3n) is 4.09. The summed E-state index contributed by atoms with van der Waals surface area (Å²) in [5.41, 5.74) is -0.0543. The van der Waals surface area contributed by atoms with Crippen molar-refractivity contribution in [2.45, 2.75) is 38.1 Å². The lowest BCUT2D eigenvalue weighted by Crippen LogP contribution is -2.53. The average Bonchev–Trinajstić information content (AvgIpc) is 2.41. The van der Waals surface area contributed by atoms with E-state index in [1.165, 1.54) is 0 Å². The van der Waals surface area contributed by atoms with Crippen molar-refractivity contribution < 1.29 is 9.90 Å². The lowest BCUT2D eigenvalue weighted by atomic mass is 9.77. The van der Waals surface area contributed by atoms with Crippen molar-refractivity contribution in [2.24, 2.45) is 5.92 Å². The Hall–Kier alpha value is -0.580. The molecule has 20 heavy (non-hydrogen) atoms. The van der Waals surface area contributed by atoms with E-state index in [1.54, 1.807) is 18.2 Å². The molecule has 110 valence electrons. The molecule has 2 rings (SSSR count). The summed E-state index contributed by atoms with van der Waals surface area (Å²) in [6.07, 6.45) is 3.67. The maximum atomic E-state index is 12.4. The molecule has 0 atom stereocenters. The van der Waals surface area contributed by atoms with Gasteiger partial charge in [-0.25, -0.2) is 0 Å². The van der Waals surface area contributed by atoms with E-state index < -0.39 is 5.54 Å². The maximum Gasteiger partial charge on any atom is 0.253 e. The van der Waals surface area contributed by atoms with E-state index in [4.69, 9.17) is 11.6 Å². The molecule has 1 aromatic carbocycles. The highest BCUT2D eigenvalue weighted by molar-refractivity contribution is 9.10. The van der Waals surface area contributed by atoms with Gasteiger partial charge in [0, 0.05) is 4.47 Å². The number of nitrogens with one attached hydrogen (secondary N) is 1. The van der Waals surface area contributed by atoms with E-state index in [9.17, 15) is 9.90 Å². The molecule has 1 aliphatic rings. The molecule has 0 aromatic heterocycles. The fourth-order valence-electron chi connectivity index (χ4n) is 2.62. The molecule has 0 heterocycles. The number of hydrogen-bond acceptors (Lipinski definition) is 2. The highest BCUT2D eigenvalue weighted by Crippen LogP contribution is 2.32. The van der Waals surface area contributed by atoms with Crippen molar-refractivity contribution in [1.29, 1.82) is 0 Å². The van der Waals surface area contributed by atoms with Crippen LogP contribution in [0.5, 0.6) is 0 Å². The summed E-state index contributed by atoms with van der Waals surface area (Å²) < 4.78 is 0.836. The van der Waals surface area contributed by atoms with E-state index in [-0.39, 0.29) is 12.5 Å². The standard InChI is InChI=1S/C15H19BrClNO2/c1-10-4-6-15(9-19,7-5-10)18-14(20)12-3-2-11(16)8-13(12)17/h2-3,8,10,19H,4-7,9H2,1H3,(H,18,20). The van der Waals surface area contributed by atoms with Gasteiger partial charge in [-0.15, -0.1) is 0 Å². The summed E-state index contributed by atoms with van der Waals surface area (Å²) in [5.74, 6) is 0.439. The van der Waals surface area contributed by atoms with Crippen LogP contribution in [0.25, 0.3) is 0 Å². The van der Waals surface area contributed by atoms with E-state index in [0.29, 0.717) is 16.5 Å². The molecule has 1 amide bonds. The van der Waals surface area contributed by atoms with Crippen LogP contribution in [0.1, 0.15) is 43.0 Å². The van der Waals surface area contributed by atoms with Crippen molar-refractivity contribution in [1.82, 2.24) is 5.32 Å². The molecule has 1 saturated carbocycles. The molecule has 1 aliphatic carbocycles. The summed E-state index contributed by atoms with van der Waals surface area (Å²) in [5, 5.41) is 13.1. The van der Waals surface area contributed by atoms with Gasteiger partial charge in [0.25, 0.3) is 5.91 Å². The van der Waals surface area contributed by atoms with Crippen LogP contribution in [-0.4, -0.2) is 23.2 Å². The number of hydrogen-bond donors (Lipinski definition) is 2. The number of benzene rings is 1. The van der Waals surface area contributed by atoms with Crippen molar-refractivity contribution in [2.75, 3.05) is 6.61 Å². The lowest BCUT2D eigenvalue weighted by Gasteiger charge is -2.38. The second-order valence-electron chi connectivity index (χ2n) is 5.70. The average molecular weight is 361 g/mol. The van der Waals surface area contributed by atoms with Crippen LogP contribution in [0.2, 0.25) is 5.02 Å². The van der Waals surface area contributed by atoms with E-state index in [1.807, 2.05) is 0 Å². The number of aliphatic hydroxyl groups excluding tert-OH is 1. The van der Waals surface area contributed by atoms with Crippen molar-refractivity contribution in [3.63, 3.8) is 0 Å².